The largest absolute Gasteiger partial charge is 0.444 e. The molecular formula is C12H24N2O3. The van der Waals surface area contributed by atoms with Crippen molar-refractivity contribution < 1.29 is 14.6 Å². The van der Waals surface area contributed by atoms with Gasteiger partial charge in [0.2, 0.25) is 0 Å². The number of aliphatic hydroxyl groups excluding tert-OH is 1. The van der Waals surface area contributed by atoms with Gasteiger partial charge in [0.25, 0.3) is 0 Å². The van der Waals surface area contributed by atoms with Gasteiger partial charge in [0, 0.05) is 18.5 Å². The summed E-state index contributed by atoms with van der Waals surface area (Å²) in [4.78, 5) is 11.5. The maximum atomic E-state index is 11.5. The number of amides is 1. The Bertz CT molecular complexity index is 275. The second kappa shape index (κ2) is 5.23. The summed E-state index contributed by atoms with van der Waals surface area (Å²) >= 11 is 0. The number of rotatable bonds is 2. The predicted octanol–water partition coefficient (Wildman–Crippen LogP) is 0.872. The highest BCUT2D eigenvalue weighted by molar-refractivity contribution is 5.67. The van der Waals surface area contributed by atoms with Crippen LogP contribution in [-0.4, -0.2) is 42.5 Å². The molecule has 0 aromatic carbocycles. The molecule has 100 valence electrons. The summed E-state index contributed by atoms with van der Waals surface area (Å²) in [5.74, 6) is 0. The molecule has 0 radical (unpaired) electrons. The first kappa shape index (κ1) is 14.3. The third-order valence-corrected chi connectivity index (χ3v) is 3.05. The first-order chi connectivity index (χ1) is 7.73. The fourth-order valence-corrected chi connectivity index (χ4v) is 1.82. The number of alkyl carbamates (subject to hydrolysis) is 1. The molecule has 5 heteroatoms. The van der Waals surface area contributed by atoms with Gasteiger partial charge in [-0.15, -0.1) is 0 Å². The summed E-state index contributed by atoms with van der Waals surface area (Å²) in [7, 11) is 0. The van der Waals surface area contributed by atoms with E-state index in [1.54, 1.807) is 0 Å². The van der Waals surface area contributed by atoms with E-state index in [1.165, 1.54) is 0 Å². The third kappa shape index (κ3) is 4.52. The van der Waals surface area contributed by atoms with Crippen LogP contribution in [0.3, 0.4) is 0 Å². The Morgan fingerprint density at radius 2 is 2.24 bits per heavy atom. The molecule has 0 bridgehead atoms. The van der Waals surface area contributed by atoms with Crippen LogP contribution in [0.25, 0.3) is 0 Å². The number of aliphatic hydroxyl groups is 1. The minimum Gasteiger partial charge on any atom is -0.444 e. The van der Waals surface area contributed by atoms with Crippen molar-refractivity contribution in [3.05, 3.63) is 0 Å². The first-order valence-corrected chi connectivity index (χ1v) is 6.09. The van der Waals surface area contributed by atoms with E-state index in [0.717, 1.165) is 13.0 Å². The van der Waals surface area contributed by atoms with Crippen molar-refractivity contribution in [1.82, 2.24) is 10.6 Å². The normalized spacial score (nSPS) is 29.8. The maximum Gasteiger partial charge on any atom is 0.407 e. The fraction of sp³-hybridized carbons (Fsp3) is 0.917. The van der Waals surface area contributed by atoms with Crippen molar-refractivity contribution in [3.8, 4) is 0 Å². The zero-order chi connectivity index (χ0) is 13.1. The lowest BCUT2D eigenvalue weighted by atomic mass is 9.78. The summed E-state index contributed by atoms with van der Waals surface area (Å²) in [6.07, 6.45) is -0.0279. The van der Waals surface area contributed by atoms with Crippen molar-refractivity contribution in [2.45, 2.75) is 45.8 Å². The van der Waals surface area contributed by atoms with Gasteiger partial charge < -0.3 is 20.5 Å². The lowest BCUT2D eigenvalue weighted by molar-refractivity contribution is 0.00702. The number of nitrogens with one attached hydrogen (secondary N) is 2. The molecule has 2 unspecified atom stereocenters. The van der Waals surface area contributed by atoms with Crippen LogP contribution in [0.1, 0.15) is 34.1 Å². The zero-order valence-electron chi connectivity index (χ0n) is 11.2. The van der Waals surface area contributed by atoms with Crippen LogP contribution in [0.5, 0.6) is 0 Å². The monoisotopic (exact) mass is 244 g/mol. The van der Waals surface area contributed by atoms with Crippen LogP contribution >= 0.6 is 0 Å². The molecule has 0 aliphatic carbocycles. The van der Waals surface area contributed by atoms with Gasteiger partial charge >= 0.3 is 6.09 Å². The van der Waals surface area contributed by atoms with Crippen LogP contribution < -0.4 is 10.6 Å². The molecule has 1 aliphatic rings. The smallest absolute Gasteiger partial charge is 0.407 e. The SMILES string of the molecule is CC(C)(C)OC(=O)NCC1(C)CCNCC1O. The molecule has 1 amide bonds. The molecule has 5 nitrogen and oxygen atoms in total. The van der Waals surface area contributed by atoms with Crippen molar-refractivity contribution in [3.63, 3.8) is 0 Å². The lowest BCUT2D eigenvalue weighted by Crippen LogP contribution is -2.53. The van der Waals surface area contributed by atoms with Crippen LogP contribution in [0.2, 0.25) is 0 Å². The average molecular weight is 244 g/mol. The number of carbonyl (C=O) groups is 1. The number of carbonyl (C=O) groups excluding carboxylic acids is 1. The molecule has 2 atom stereocenters. The van der Waals surface area contributed by atoms with Crippen molar-refractivity contribution in [1.29, 1.82) is 0 Å². The Kier molecular flexibility index (Phi) is 4.38. The third-order valence-electron chi connectivity index (χ3n) is 3.05. The van der Waals surface area contributed by atoms with Crippen LogP contribution in [0.4, 0.5) is 4.79 Å². The van der Waals surface area contributed by atoms with Gasteiger partial charge in [-0.2, -0.15) is 0 Å². The van der Waals surface area contributed by atoms with Crippen LogP contribution in [-0.2, 0) is 4.74 Å². The van der Waals surface area contributed by atoms with Gasteiger partial charge in [-0.25, -0.2) is 4.79 Å². The topological polar surface area (TPSA) is 70.6 Å². The Hall–Kier alpha value is -0.810. The minimum atomic E-state index is -0.488. The number of β-amino-alcohol motifs (C(OH)–C–C–N with tert-alkyl or cyclic N) is 1. The molecule has 17 heavy (non-hydrogen) atoms. The molecule has 0 aromatic rings. The minimum absolute atomic E-state index is 0.276. The Morgan fingerprint density at radius 3 is 2.76 bits per heavy atom. The van der Waals surface area contributed by atoms with Gasteiger partial charge in [-0.3, -0.25) is 0 Å². The summed E-state index contributed by atoms with van der Waals surface area (Å²) in [6.45, 7) is 9.34. The predicted molar refractivity (Wildman–Crippen MR) is 65.8 cm³/mol. The number of hydrogen-bond donors (Lipinski definition) is 3. The quantitative estimate of drug-likeness (QED) is 0.674. The Labute approximate surface area is 103 Å². The average Bonchev–Trinajstić information content (AvgIpc) is 2.18. The highest BCUT2D eigenvalue weighted by Crippen LogP contribution is 2.27. The maximum absolute atomic E-state index is 11.5. The van der Waals surface area contributed by atoms with E-state index in [0.29, 0.717) is 13.1 Å². The van der Waals surface area contributed by atoms with Crippen molar-refractivity contribution >= 4 is 6.09 Å². The van der Waals surface area contributed by atoms with E-state index < -0.39 is 17.8 Å². The molecule has 1 aliphatic heterocycles. The van der Waals surface area contributed by atoms with E-state index in [4.69, 9.17) is 4.74 Å². The van der Waals surface area contributed by atoms with Crippen LogP contribution in [0.15, 0.2) is 0 Å². The Balaban J connectivity index is 2.41. The van der Waals surface area contributed by atoms with E-state index in [1.807, 2.05) is 27.7 Å². The molecule has 0 spiro atoms. The molecule has 1 fully saturated rings. The van der Waals surface area contributed by atoms with Gasteiger partial charge in [0.1, 0.15) is 5.60 Å². The van der Waals surface area contributed by atoms with Crippen molar-refractivity contribution in [2.75, 3.05) is 19.6 Å². The van der Waals surface area contributed by atoms with E-state index in [2.05, 4.69) is 10.6 Å². The van der Waals surface area contributed by atoms with E-state index in [9.17, 15) is 9.90 Å². The lowest BCUT2D eigenvalue weighted by Gasteiger charge is -2.38. The second-order valence-corrected chi connectivity index (χ2v) is 5.98. The van der Waals surface area contributed by atoms with Crippen molar-refractivity contribution in [2.24, 2.45) is 5.41 Å². The summed E-state index contributed by atoms with van der Waals surface area (Å²) in [6, 6.07) is 0. The van der Waals surface area contributed by atoms with Gasteiger partial charge in [-0.1, -0.05) is 6.92 Å². The van der Waals surface area contributed by atoms with E-state index >= 15 is 0 Å². The standard InChI is InChI=1S/C12H24N2O3/c1-11(2,3)17-10(16)14-8-12(4)5-6-13-7-9(12)15/h9,13,15H,5-8H2,1-4H3,(H,14,16). The highest BCUT2D eigenvalue weighted by atomic mass is 16.6. The molecule has 0 aromatic heterocycles. The molecule has 1 heterocycles. The van der Waals surface area contributed by atoms with E-state index in [-0.39, 0.29) is 5.41 Å². The summed E-state index contributed by atoms with van der Waals surface area (Å²) in [5.41, 5.74) is -0.764. The zero-order valence-corrected chi connectivity index (χ0v) is 11.2. The van der Waals surface area contributed by atoms with Gasteiger partial charge in [0.15, 0.2) is 0 Å². The molecule has 3 N–H and O–H groups in total. The molecule has 1 rings (SSSR count). The van der Waals surface area contributed by atoms with Gasteiger partial charge in [0.05, 0.1) is 6.10 Å². The fourth-order valence-electron chi connectivity index (χ4n) is 1.82. The second-order valence-electron chi connectivity index (χ2n) is 5.98. The molecule has 1 saturated heterocycles. The van der Waals surface area contributed by atoms with Crippen LogP contribution in [0, 0.1) is 5.41 Å². The molecule has 0 saturated carbocycles. The summed E-state index contributed by atoms with van der Waals surface area (Å²) in [5, 5.41) is 15.8. The number of hydrogen-bond acceptors (Lipinski definition) is 4. The van der Waals surface area contributed by atoms with Gasteiger partial charge in [-0.05, 0) is 33.7 Å². The summed E-state index contributed by atoms with van der Waals surface area (Å²) < 4.78 is 5.16. The highest BCUT2D eigenvalue weighted by Gasteiger charge is 2.35. The number of piperidine rings is 1. The Morgan fingerprint density at radius 1 is 1.59 bits per heavy atom. The molecular weight excluding hydrogens is 220 g/mol. The number of ether oxygens (including phenoxy) is 1. The first-order valence-electron chi connectivity index (χ1n) is 6.09.